The molecule has 0 atom stereocenters. The van der Waals surface area contributed by atoms with Gasteiger partial charge in [-0.3, -0.25) is 0 Å². The van der Waals surface area contributed by atoms with Gasteiger partial charge < -0.3 is 19.0 Å². The Morgan fingerprint density at radius 2 is 1.67 bits per heavy atom. The molecule has 1 aromatic carbocycles. The molecule has 0 radical (unpaired) electrons. The van der Waals surface area contributed by atoms with Crippen molar-refractivity contribution < 1.29 is 14.4 Å². The highest BCUT2D eigenvalue weighted by atomic mass is 16.7. The Morgan fingerprint density at radius 3 is 2.30 bits per heavy atom. The van der Waals surface area contributed by atoms with Gasteiger partial charge in [0, 0.05) is 18.3 Å². The van der Waals surface area contributed by atoms with Crippen LogP contribution in [0.15, 0.2) is 30.5 Å². The maximum atomic E-state index is 10.2. The molecule has 2 fully saturated rings. The van der Waals surface area contributed by atoms with Crippen LogP contribution in [0.4, 0.5) is 0 Å². The molecule has 2 heterocycles. The number of hydrogen-bond acceptors (Lipinski definition) is 3. The SMILES string of the molecule is CC1(O)CCC(Cn2ccc3cc(B4OC(C)(C)C(C)(C)O4)ccc32)CC1. The van der Waals surface area contributed by atoms with Gasteiger partial charge in [0.2, 0.25) is 0 Å². The first-order valence-electron chi connectivity index (χ1n) is 10.2. The molecule has 5 heteroatoms. The second-order valence-electron chi connectivity index (χ2n) is 9.81. The third kappa shape index (κ3) is 3.57. The van der Waals surface area contributed by atoms with Crippen LogP contribution in [0.25, 0.3) is 10.9 Å². The van der Waals surface area contributed by atoms with E-state index in [1.165, 1.54) is 10.9 Å². The van der Waals surface area contributed by atoms with Crippen LogP contribution in [0.2, 0.25) is 0 Å². The summed E-state index contributed by atoms with van der Waals surface area (Å²) in [5, 5.41) is 11.4. The first-order valence-corrected chi connectivity index (χ1v) is 10.2. The molecule has 1 N–H and O–H groups in total. The molecular weight excluding hydrogens is 337 g/mol. The molecule has 27 heavy (non-hydrogen) atoms. The smallest absolute Gasteiger partial charge is 0.399 e. The van der Waals surface area contributed by atoms with E-state index >= 15 is 0 Å². The van der Waals surface area contributed by atoms with Crippen LogP contribution in [-0.4, -0.2) is 33.6 Å². The summed E-state index contributed by atoms with van der Waals surface area (Å²) in [6.07, 6.45) is 6.19. The molecule has 0 spiro atoms. The molecule has 1 aliphatic carbocycles. The van der Waals surface area contributed by atoms with E-state index in [9.17, 15) is 5.11 Å². The van der Waals surface area contributed by atoms with Crippen LogP contribution < -0.4 is 5.46 Å². The van der Waals surface area contributed by atoms with Crippen LogP contribution in [0.5, 0.6) is 0 Å². The van der Waals surface area contributed by atoms with E-state index in [2.05, 4.69) is 62.7 Å². The Labute approximate surface area is 163 Å². The Hall–Kier alpha value is -1.30. The average molecular weight is 369 g/mol. The van der Waals surface area contributed by atoms with Crippen molar-refractivity contribution in [1.82, 2.24) is 4.57 Å². The second kappa shape index (κ2) is 6.36. The fourth-order valence-corrected chi connectivity index (χ4v) is 4.26. The summed E-state index contributed by atoms with van der Waals surface area (Å²) in [5.41, 5.74) is 1.23. The normalized spacial score (nSPS) is 30.1. The summed E-state index contributed by atoms with van der Waals surface area (Å²) in [5.74, 6) is 0.642. The summed E-state index contributed by atoms with van der Waals surface area (Å²) in [6, 6.07) is 8.70. The van der Waals surface area contributed by atoms with Crippen molar-refractivity contribution in [3.8, 4) is 0 Å². The van der Waals surface area contributed by atoms with Crippen LogP contribution in [0, 0.1) is 5.92 Å². The third-order valence-corrected chi connectivity index (χ3v) is 6.96. The van der Waals surface area contributed by atoms with Crippen molar-refractivity contribution in [1.29, 1.82) is 0 Å². The van der Waals surface area contributed by atoms with E-state index in [4.69, 9.17) is 9.31 Å². The lowest BCUT2D eigenvalue weighted by molar-refractivity contribution is 0.00578. The van der Waals surface area contributed by atoms with Gasteiger partial charge in [0.1, 0.15) is 0 Å². The predicted octanol–water partition coefficient (Wildman–Crippen LogP) is 3.88. The number of benzene rings is 1. The van der Waals surface area contributed by atoms with Gasteiger partial charge in [0.25, 0.3) is 0 Å². The lowest BCUT2D eigenvalue weighted by atomic mass is 9.78. The molecule has 4 rings (SSSR count). The lowest BCUT2D eigenvalue weighted by Crippen LogP contribution is -2.41. The molecular formula is C22H32BNO3. The number of aromatic nitrogens is 1. The fraction of sp³-hybridized carbons (Fsp3) is 0.636. The standard InChI is InChI=1S/C22H32BNO3/c1-20(2)21(3,4)27-23(26-20)18-6-7-19-17(14-18)10-13-24(19)15-16-8-11-22(5,25)12-9-16/h6-7,10,13-14,16,25H,8-9,11-12,15H2,1-5H3. The molecule has 0 bridgehead atoms. The maximum absolute atomic E-state index is 10.2. The average Bonchev–Trinajstić information content (AvgIpc) is 3.07. The minimum Gasteiger partial charge on any atom is -0.399 e. The first kappa shape index (κ1) is 19.0. The number of nitrogens with zero attached hydrogens (tertiary/aromatic N) is 1. The van der Waals surface area contributed by atoms with E-state index in [1.54, 1.807) is 0 Å². The van der Waals surface area contributed by atoms with Crippen LogP contribution >= 0.6 is 0 Å². The van der Waals surface area contributed by atoms with Gasteiger partial charge in [-0.15, -0.1) is 0 Å². The summed E-state index contributed by atoms with van der Waals surface area (Å²) in [7, 11) is -0.316. The molecule has 1 saturated carbocycles. The minimum absolute atomic E-state index is 0.316. The Bertz CT molecular complexity index is 813. The molecule has 0 unspecified atom stereocenters. The highest BCUT2D eigenvalue weighted by Crippen LogP contribution is 2.37. The molecule has 146 valence electrons. The number of rotatable bonds is 3. The van der Waals surface area contributed by atoms with E-state index < -0.39 is 5.60 Å². The van der Waals surface area contributed by atoms with Crippen molar-refractivity contribution in [2.75, 3.05) is 0 Å². The lowest BCUT2D eigenvalue weighted by Gasteiger charge is -2.33. The van der Waals surface area contributed by atoms with Gasteiger partial charge in [0.05, 0.1) is 16.8 Å². The summed E-state index contributed by atoms with van der Waals surface area (Å²) >= 11 is 0. The van der Waals surface area contributed by atoms with E-state index in [0.717, 1.165) is 37.7 Å². The van der Waals surface area contributed by atoms with Gasteiger partial charge in [-0.2, -0.15) is 0 Å². The maximum Gasteiger partial charge on any atom is 0.494 e. The second-order valence-corrected chi connectivity index (χ2v) is 9.81. The van der Waals surface area contributed by atoms with Crippen molar-refractivity contribution in [2.24, 2.45) is 5.92 Å². The zero-order valence-corrected chi connectivity index (χ0v) is 17.3. The van der Waals surface area contributed by atoms with Gasteiger partial charge in [-0.1, -0.05) is 12.1 Å². The first-order chi connectivity index (χ1) is 12.6. The Balaban J connectivity index is 1.51. The number of fused-ring (bicyclic) bond motifs is 1. The summed E-state index contributed by atoms with van der Waals surface area (Å²) in [4.78, 5) is 0. The minimum atomic E-state index is -0.465. The molecule has 4 nitrogen and oxygen atoms in total. The van der Waals surface area contributed by atoms with Crippen LogP contribution in [-0.2, 0) is 15.9 Å². The third-order valence-electron chi connectivity index (χ3n) is 6.96. The topological polar surface area (TPSA) is 43.6 Å². The molecule has 1 saturated heterocycles. The van der Waals surface area contributed by atoms with Crippen molar-refractivity contribution in [2.45, 2.75) is 83.6 Å². The van der Waals surface area contributed by atoms with E-state index in [0.29, 0.717) is 5.92 Å². The Morgan fingerprint density at radius 1 is 1.04 bits per heavy atom. The van der Waals surface area contributed by atoms with Gasteiger partial charge >= 0.3 is 7.12 Å². The number of hydrogen-bond donors (Lipinski definition) is 1. The van der Waals surface area contributed by atoms with Crippen molar-refractivity contribution in [3.05, 3.63) is 30.5 Å². The molecule has 1 aliphatic heterocycles. The predicted molar refractivity (Wildman–Crippen MR) is 110 cm³/mol. The fourth-order valence-electron chi connectivity index (χ4n) is 4.26. The zero-order chi connectivity index (χ0) is 19.4. The molecule has 1 aromatic heterocycles. The van der Waals surface area contributed by atoms with Crippen molar-refractivity contribution >= 4 is 23.5 Å². The number of aliphatic hydroxyl groups is 1. The summed E-state index contributed by atoms with van der Waals surface area (Å²) < 4.78 is 14.7. The molecule has 2 aromatic rings. The molecule has 2 aliphatic rings. The quantitative estimate of drug-likeness (QED) is 0.835. The van der Waals surface area contributed by atoms with Crippen molar-refractivity contribution in [3.63, 3.8) is 0 Å². The highest BCUT2D eigenvalue weighted by Gasteiger charge is 2.51. The van der Waals surface area contributed by atoms with Crippen LogP contribution in [0.3, 0.4) is 0 Å². The zero-order valence-electron chi connectivity index (χ0n) is 17.3. The largest absolute Gasteiger partial charge is 0.494 e. The monoisotopic (exact) mass is 369 g/mol. The van der Waals surface area contributed by atoms with Gasteiger partial charge in [0.15, 0.2) is 0 Å². The van der Waals surface area contributed by atoms with Crippen LogP contribution in [0.1, 0.15) is 60.3 Å². The molecule has 0 amide bonds. The van der Waals surface area contributed by atoms with Gasteiger partial charge in [-0.05, 0) is 89.2 Å². The Kier molecular flexibility index (Phi) is 4.49. The summed E-state index contributed by atoms with van der Waals surface area (Å²) in [6.45, 7) is 11.3. The van der Waals surface area contributed by atoms with E-state index in [1.807, 2.05) is 6.92 Å². The van der Waals surface area contributed by atoms with E-state index in [-0.39, 0.29) is 18.3 Å². The van der Waals surface area contributed by atoms with Gasteiger partial charge in [-0.25, -0.2) is 0 Å². The highest BCUT2D eigenvalue weighted by molar-refractivity contribution is 6.62.